The van der Waals surface area contributed by atoms with Crippen molar-refractivity contribution >= 4 is 11.9 Å². The third kappa shape index (κ3) is 3.84. The molecule has 0 aromatic heterocycles. The lowest BCUT2D eigenvalue weighted by Gasteiger charge is -2.29. The van der Waals surface area contributed by atoms with E-state index >= 15 is 0 Å². The summed E-state index contributed by atoms with van der Waals surface area (Å²) in [5.74, 6) is 1.34. The number of benzene rings is 3. The first-order valence-corrected chi connectivity index (χ1v) is 10.3. The molecule has 31 heavy (non-hydrogen) atoms. The molecule has 0 amide bonds. The fraction of sp³-hybridized carbons (Fsp3) is 0.192. The lowest BCUT2D eigenvalue weighted by Crippen LogP contribution is -2.33. The molecule has 0 bridgehead atoms. The number of rotatable bonds is 4. The number of Topliss-reactive ketones (excluding diaryl/α,β-unsaturated/α-hetero) is 1. The lowest BCUT2D eigenvalue weighted by atomic mass is 10.0. The Morgan fingerprint density at radius 2 is 1.87 bits per heavy atom. The highest BCUT2D eigenvalue weighted by Crippen LogP contribution is 2.42. The summed E-state index contributed by atoms with van der Waals surface area (Å²) in [4.78, 5) is 15.1. The number of ketones is 1. The standard InChI is InChI=1S/C26H22FNO3/c1-17-4-2-3-5-19(17)14-24-25(29)21-10-11-23-22(26(21)31-24)15-28(16-30-23)13-12-18-6-8-20(27)9-7-18/h2-11,14H,12-13,15-16H2,1H3/b24-14-. The van der Waals surface area contributed by atoms with E-state index in [2.05, 4.69) is 4.90 Å². The largest absolute Gasteiger partial charge is 0.478 e. The Morgan fingerprint density at radius 3 is 2.68 bits per heavy atom. The van der Waals surface area contributed by atoms with Crippen LogP contribution in [0.3, 0.4) is 0 Å². The van der Waals surface area contributed by atoms with Gasteiger partial charge >= 0.3 is 0 Å². The summed E-state index contributed by atoms with van der Waals surface area (Å²) in [6.45, 7) is 3.86. The van der Waals surface area contributed by atoms with Crippen LogP contribution in [0.2, 0.25) is 0 Å². The van der Waals surface area contributed by atoms with E-state index in [9.17, 15) is 9.18 Å². The minimum absolute atomic E-state index is 0.107. The van der Waals surface area contributed by atoms with E-state index in [4.69, 9.17) is 9.47 Å². The van der Waals surface area contributed by atoms with Gasteiger partial charge in [-0.25, -0.2) is 4.39 Å². The highest BCUT2D eigenvalue weighted by molar-refractivity contribution is 6.15. The summed E-state index contributed by atoms with van der Waals surface area (Å²) in [6, 6.07) is 18.1. The second-order valence-corrected chi connectivity index (χ2v) is 7.92. The summed E-state index contributed by atoms with van der Waals surface area (Å²) in [5, 5.41) is 0. The Balaban J connectivity index is 1.36. The maximum atomic E-state index is 13.1. The molecule has 5 rings (SSSR count). The second-order valence-electron chi connectivity index (χ2n) is 7.92. The van der Waals surface area contributed by atoms with E-state index in [1.54, 1.807) is 24.3 Å². The third-order valence-electron chi connectivity index (χ3n) is 5.79. The first-order valence-electron chi connectivity index (χ1n) is 10.3. The lowest BCUT2D eigenvalue weighted by molar-refractivity contribution is 0.0949. The highest BCUT2D eigenvalue weighted by atomic mass is 19.1. The van der Waals surface area contributed by atoms with E-state index in [0.29, 0.717) is 30.3 Å². The van der Waals surface area contributed by atoms with Gasteiger partial charge in [0.25, 0.3) is 0 Å². The number of aryl methyl sites for hydroxylation is 1. The van der Waals surface area contributed by atoms with E-state index in [-0.39, 0.29) is 11.6 Å². The molecule has 2 aliphatic rings. The number of ether oxygens (including phenoxy) is 2. The first kappa shape index (κ1) is 19.5. The number of halogens is 1. The van der Waals surface area contributed by atoms with Crippen LogP contribution in [0, 0.1) is 12.7 Å². The van der Waals surface area contributed by atoms with Crippen molar-refractivity contribution in [1.82, 2.24) is 4.90 Å². The molecule has 0 unspecified atom stereocenters. The van der Waals surface area contributed by atoms with Crippen LogP contribution in [-0.2, 0) is 13.0 Å². The van der Waals surface area contributed by atoms with Crippen LogP contribution in [0.1, 0.15) is 32.6 Å². The zero-order chi connectivity index (χ0) is 21.4. The Morgan fingerprint density at radius 1 is 1.06 bits per heavy atom. The fourth-order valence-corrected chi connectivity index (χ4v) is 3.98. The van der Waals surface area contributed by atoms with E-state index in [1.165, 1.54) is 12.1 Å². The van der Waals surface area contributed by atoms with Crippen molar-refractivity contribution in [1.29, 1.82) is 0 Å². The number of hydrogen-bond acceptors (Lipinski definition) is 4. The zero-order valence-corrected chi connectivity index (χ0v) is 17.2. The second kappa shape index (κ2) is 8.00. The Kier molecular flexibility index (Phi) is 5.04. The number of allylic oxidation sites excluding steroid dienone is 1. The van der Waals surface area contributed by atoms with Crippen LogP contribution in [0.25, 0.3) is 6.08 Å². The Hall–Kier alpha value is -3.44. The summed E-state index contributed by atoms with van der Waals surface area (Å²) in [5.41, 5.74) is 4.58. The Bertz CT molecular complexity index is 1180. The van der Waals surface area contributed by atoms with E-state index in [1.807, 2.05) is 37.3 Å². The average Bonchev–Trinajstić information content (AvgIpc) is 3.10. The molecule has 0 saturated carbocycles. The molecule has 0 atom stereocenters. The molecule has 0 aliphatic carbocycles. The molecular weight excluding hydrogens is 393 g/mol. The molecule has 0 N–H and O–H groups in total. The predicted molar refractivity (Wildman–Crippen MR) is 117 cm³/mol. The molecule has 0 fully saturated rings. The highest BCUT2D eigenvalue weighted by Gasteiger charge is 2.33. The molecule has 4 nitrogen and oxygen atoms in total. The molecule has 2 heterocycles. The van der Waals surface area contributed by atoms with Crippen LogP contribution < -0.4 is 9.47 Å². The normalized spacial score (nSPS) is 16.6. The number of carbonyl (C=O) groups excluding carboxylic acids is 1. The third-order valence-corrected chi connectivity index (χ3v) is 5.79. The minimum Gasteiger partial charge on any atom is -0.478 e. The maximum Gasteiger partial charge on any atom is 0.231 e. The van der Waals surface area contributed by atoms with Crippen molar-refractivity contribution in [3.05, 3.63) is 100 Å². The number of hydrogen-bond donors (Lipinski definition) is 0. The fourth-order valence-electron chi connectivity index (χ4n) is 3.98. The van der Waals surface area contributed by atoms with Crippen molar-refractivity contribution in [2.24, 2.45) is 0 Å². The molecule has 2 aliphatic heterocycles. The van der Waals surface area contributed by atoms with E-state index < -0.39 is 0 Å². The molecule has 0 saturated heterocycles. The first-order chi connectivity index (χ1) is 15.1. The van der Waals surface area contributed by atoms with Gasteiger partial charge in [-0.1, -0.05) is 36.4 Å². The molecule has 0 spiro atoms. The van der Waals surface area contributed by atoms with Gasteiger partial charge in [0.2, 0.25) is 5.78 Å². The molecule has 5 heteroatoms. The molecular formula is C26H22FNO3. The summed E-state index contributed by atoms with van der Waals surface area (Å²) < 4.78 is 25.1. The molecule has 3 aromatic rings. The molecule has 156 valence electrons. The molecule has 0 radical (unpaired) electrons. The summed E-state index contributed by atoms with van der Waals surface area (Å²) >= 11 is 0. The van der Waals surface area contributed by atoms with Gasteiger partial charge in [0.05, 0.1) is 11.1 Å². The smallest absolute Gasteiger partial charge is 0.231 e. The number of fused-ring (bicyclic) bond motifs is 3. The topological polar surface area (TPSA) is 38.8 Å². The van der Waals surface area contributed by atoms with Gasteiger partial charge in [-0.2, -0.15) is 0 Å². The average molecular weight is 415 g/mol. The SMILES string of the molecule is Cc1ccccc1/C=C1\Oc2c(ccc3c2CN(CCc2ccc(F)cc2)CO3)C1=O. The van der Waals surface area contributed by atoms with Crippen molar-refractivity contribution in [3.63, 3.8) is 0 Å². The van der Waals surface area contributed by atoms with Gasteiger partial charge in [0.15, 0.2) is 5.76 Å². The number of carbonyl (C=O) groups is 1. The van der Waals surface area contributed by atoms with Crippen LogP contribution in [0.4, 0.5) is 4.39 Å². The van der Waals surface area contributed by atoms with Crippen molar-refractivity contribution in [2.45, 2.75) is 19.9 Å². The van der Waals surface area contributed by atoms with Gasteiger partial charge in [-0.05, 0) is 60.4 Å². The van der Waals surface area contributed by atoms with Gasteiger partial charge < -0.3 is 9.47 Å². The summed E-state index contributed by atoms with van der Waals surface area (Å²) in [7, 11) is 0. The number of nitrogens with zero attached hydrogens (tertiary/aromatic N) is 1. The van der Waals surface area contributed by atoms with Gasteiger partial charge in [-0.3, -0.25) is 9.69 Å². The minimum atomic E-state index is -0.231. The summed E-state index contributed by atoms with van der Waals surface area (Å²) in [6.07, 6.45) is 2.59. The zero-order valence-electron chi connectivity index (χ0n) is 17.2. The van der Waals surface area contributed by atoms with Crippen LogP contribution >= 0.6 is 0 Å². The van der Waals surface area contributed by atoms with Crippen molar-refractivity contribution in [3.8, 4) is 11.5 Å². The predicted octanol–water partition coefficient (Wildman–Crippen LogP) is 5.14. The Labute approximate surface area is 180 Å². The van der Waals surface area contributed by atoms with Crippen molar-refractivity contribution < 1.29 is 18.7 Å². The van der Waals surface area contributed by atoms with Crippen molar-refractivity contribution in [2.75, 3.05) is 13.3 Å². The van der Waals surface area contributed by atoms with Crippen LogP contribution in [0.5, 0.6) is 11.5 Å². The van der Waals surface area contributed by atoms with E-state index in [0.717, 1.165) is 41.0 Å². The van der Waals surface area contributed by atoms with Crippen LogP contribution in [-0.4, -0.2) is 24.0 Å². The monoisotopic (exact) mass is 415 g/mol. The van der Waals surface area contributed by atoms with Gasteiger partial charge in [-0.15, -0.1) is 0 Å². The quantitative estimate of drug-likeness (QED) is 0.553. The van der Waals surface area contributed by atoms with Gasteiger partial charge in [0, 0.05) is 13.1 Å². The van der Waals surface area contributed by atoms with Gasteiger partial charge in [0.1, 0.15) is 24.0 Å². The van der Waals surface area contributed by atoms with Crippen LogP contribution in [0.15, 0.2) is 66.4 Å². The maximum absolute atomic E-state index is 13.1. The molecule has 3 aromatic carbocycles.